The van der Waals surface area contributed by atoms with Gasteiger partial charge in [-0.25, -0.2) is 0 Å². The number of para-hydroxylation sites is 2. The summed E-state index contributed by atoms with van der Waals surface area (Å²) >= 11 is 0. The Morgan fingerprint density at radius 3 is 2.72 bits per heavy atom. The predicted molar refractivity (Wildman–Crippen MR) is 101 cm³/mol. The number of benzene rings is 2. The fourth-order valence-electron chi connectivity index (χ4n) is 3.31. The molecule has 0 aliphatic heterocycles. The van der Waals surface area contributed by atoms with Gasteiger partial charge in [-0.15, -0.1) is 0 Å². The van der Waals surface area contributed by atoms with Crippen molar-refractivity contribution in [3.05, 3.63) is 64.8 Å². The number of hydrogen-bond acceptors (Lipinski definition) is 2. The van der Waals surface area contributed by atoms with E-state index < -0.39 is 0 Å². The molecule has 0 saturated carbocycles. The summed E-state index contributed by atoms with van der Waals surface area (Å²) in [7, 11) is 1.58. The Hall–Kier alpha value is -2.75. The summed E-state index contributed by atoms with van der Waals surface area (Å²) in [5.74, 6) is 0.486. The lowest BCUT2D eigenvalue weighted by Crippen LogP contribution is -2.26. The van der Waals surface area contributed by atoms with Gasteiger partial charge >= 0.3 is 0 Å². The summed E-state index contributed by atoms with van der Waals surface area (Å²) in [5, 5.41) is 4.25. The SMILES string of the molecule is CCc1cccc2c(CCNC(=O)c3ccccc3OC)c(C)[nH]c12. The average molecular weight is 336 g/mol. The summed E-state index contributed by atoms with van der Waals surface area (Å²) in [5.41, 5.74) is 5.54. The van der Waals surface area contributed by atoms with Gasteiger partial charge in [0.15, 0.2) is 0 Å². The van der Waals surface area contributed by atoms with Crippen molar-refractivity contribution in [1.29, 1.82) is 0 Å². The van der Waals surface area contributed by atoms with Crippen LogP contribution in [0.2, 0.25) is 0 Å². The summed E-state index contributed by atoms with van der Waals surface area (Å²) in [6.45, 7) is 4.84. The number of fused-ring (bicyclic) bond motifs is 1. The lowest BCUT2D eigenvalue weighted by Gasteiger charge is -2.09. The van der Waals surface area contributed by atoms with Crippen LogP contribution in [-0.2, 0) is 12.8 Å². The van der Waals surface area contributed by atoms with Gasteiger partial charge in [-0.2, -0.15) is 0 Å². The molecule has 4 nitrogen and oxygen atoms in total. The number of ether oxygens (including phenoxy) is 1. The molecule has 0 atom stereocenters. The van der Waals surface area contributed by atoms with Crippen LogP contribution in [0.4, 0.5) is 0 Å². The number of rotatable bonds is 6. The highest BCUT2D eigenvalue weighted by Crippen LogP contribution is 2.25. The Kier molecular flexibility index (Phi) is 5.08. The third kappa shape index (κ3) is 3.38. The smallest absolute Gasteiger partial charge is 0.255 e. The van der Waals surface area contributed by atoms with Crippen molar-refractivity contribution >= 4 is 16.8 Å². The Labute approximate surface area is 148 Å². The van der Waals surface area contributed by atoms with Crippen LogP contribution in [0.15, 0.2) is 42.5 Å². The third-order valence-corrected chi connectivity index (χ3v) is 4.63. The molecule has 0 fully saturated rings. The molecule has 0 radical (unpaired) electrons. The number of H-pyrrole nitrogens is 1. The van der Waals surface area contributed by atoms with E-state index in [2.05, 4.69) is 42.3 Å². The number of nitrogens with one attached hydrogen (secondary N) is 2. The van der Waals surface area contributed by atoms with Gasteiger partial charge in [0.2, 0.25) is 0 Å². The Balaban J connectivity index is 1.73. The van der Waals surface area contributed by atoms with Crippen LogP contribution in [0.1, 0.15) is 34.1 Å². The molecule has 0 aliphatic carbocycles. The molecule has 2 aromatic carbocycles. The van der Waals surface area contributed by atoms with E-state index in [4.69, 9.17) is 4.74 Å². The zero-order valence-electron chi connectivity index (χ0n) is 15.0. The van der Waals surface area contributed by atoms with Crippen molar-refractivity contribution in [2.24, 2.45) is 0 Å². The molecule has 0 aliphatic rings. The van der Waals surface area contributed by atoms with Gasteiger partial charge in [-0.05, 0) is 43.0 Å². The van der Waals surface area contributed by atoms with Crippen LogP contribution in [-0.4, -0.2) is 24.5 Å². The van der Waals surface area contributed by atoms with Gasteiger partial charge in [0, 0.05) is 23.1 Å². The number of carbonyl (C=O) groups is 1. The van der Waals surface area contributed by atoms with E-state index in [0.29, 0.717) is 17.9 Å². The first-order valence-electron chi connectivity index (χ1n) is 8.66. The highest BCUT2D eigenvalue weighted by molar-refractivity contribution is 5.97. The first-order valence-corrected chi connectivity index (χ1v) is 8.66. The molecule has 25 heavy (non-hydrogen) atoms. The first-order chi connectivity index (χ1) is 12.2. The highest BCUT2D eigenvalue weighted by atomic mass is 16.5. The number of amides is 1. The maximum Gasteiger partial charge on any atom is 0.255 e. The second-order valence-electron chi connectivity index (χ2n) is 6.13. The number of methoxy groups -OCH3 is 1. The molecule has 0 unspecified atom stereocenters. The third-order valence-electron chi connectivity index (χ3n) is 4.63. The molecule has 0 saturated heterocycles. The van der Waals surface area contributed by atoms with Crippen LogP contribution >= 0.6 is 0 Å². The van der Waals surface area contributed by atoms with Crippen LogP contribution < -0.4 is 10.1 Å². The molecule has 2 N–H and O–H groups in total. The highest BCUT2D eigenvalue weighted by Gasteiger charge is 2.13. The lowest BCUT2D eigenvalue weighted by atomic mass is 10.0. The molecule has 1 heterocycles. The van der Waals surface area contributed by atoms with E-state index in [1.165, 1.54) is 27.7 Å². The van der Waals surface area contributed by atoms with Crippen molar-refractivity contribution in [2.75, 3.05) is 13.7 Å². The molecule has 1 aromatic heterocycles. The fourth-order valence-corrected chi connectivity index (χ4v) is 3.31. The van der Waals surface area contributed by atoms with E-state index in [-0.39, 0.29) is 5.91 Å². The maximum absolute atomic E-state index is 12.4. The van der Waals surface area contributed by atoms with Crippen LogP contribution in [0.5, 0.6) is 5.75 Å². The minimum Gasteiger partial charge on any atom is -0.496 e. The number of aryl methyl sites for hydroxylation is 2. The fraction of sp³-hybridized carbons (Fsp3) is 0.286. The number of aromatic amines is 1. The summed E-state index contributed by atoms with van der Waals surface area (Å²) in [6, 6.07) is 13.7. The number of aromatic nitrogens is 1. The molecule has 1 amide bonds. The molecule has 3 rings (SSSR count). The molecular formula is C21H24N2O2. The van der Waals surface area contributed by atoms with Crippen molar-refractivity contribution in [3.8, 4) is 5.75 Å². The zero-order chi connectivity index (χ0) is 17.8. The largest absolute Gasteiger partial charge is 0.496 e. The average Bonchev–Trinajstić information content (AvgIpc) is 2.97. The first kappa shape index (κ1) is 17.1. The van der Waals surface area contributed by atoms with Crippen LogP contribution in [0, 0.1) is 6.92 Å². The van der Waals surface area contributed by atoms with Crippen molar-refractivity contribution < 1.29 is 9.53 Å². The Morgan fingerprint density at radius 2 is 1.96 bits per heavy atom. The Morgan fingerprint density at radius 1 is 1.16 bits per heavy atom. The minimum atomic E-state index is -0.107. The molecule has 4 heteroatoms. The summed E-state index contributed by atoms with van der Waals surface area (Å²) < 4.78 is 5.26. The van der Waals surface area contributed by atoms with Crippen LogP contribution in [0.3, 0.4) is 0 Å². The number of hydrogen-bond donors (Lipinski definition) is 2. The van der Waals surface area contributed by atoms with E-state index in [1.807, 2.05) is 12.1 Å². The van der Waals surface area contributed by atoms with Gasteiger partial charge < -0.3 is 15.0 Å². The van der Waals surface area contributed by atoms with Gasteiger partial charge in [0.1, 0.15) is 5.75 Å². The lowest BCUT2D eigenvalue weighted by molar-refractivity contribution is 0.0951. The second-order valence-corrected chi connectivity index (χ2v) is 6.13. The standard InChI is InChI=1S/C21H24N2O2/c1-4-15-8-7-10-17-16(14(2)23-20(15)17)12-13-22-21(24)18-9-5-6-11-19(18)25-3/h5-11,23H,4,12-13H2,1-3H3,(H,22,24). The predicted octanol–water partition coefficient (Wildman–Crippen LogP) is 4.02. The van der Waals surface area contributed by atoms with Gasteiger partial charge in [-0.3, -0.25) is 4.79 Å². The molecular weight excluding hydrogens is 312 g/mol. The van der Waals surface area contributed by atoms with Crippen molar-refractivity contribution in [2.45, 2.75) is 26.7 Å². The van der Waals surface area contributed by atoms with Gasteiger partial charge in [0.25, 0.3) is 5.91 Å². The van der Waals surface area contributed by atoms with E-state index in [0.717, 1.165) is 12.8 Å². The van der Waals surface area contributed by atoms with Gasteiger partial charge in [0.05, 0.1) is 12.7 Å². The summed E-state index contributed by atoms with van der Waals surface area (Å²) in [4.78, 5) is 15.9. The van der Waals surface area contributed by atoms with Crippen molar-refractivity contribution in [3.63, 3.8) is 0 Å². The van der Waals surface area contributed by atoms with E-state index >= 15 is 0 Å². The molecule has 3 aromatic rings. The molecule has 0 spiro atoms. The number of carbonyl (C=O) groups excluding carboxylic acids is 1. The van der Waals surface area contributed by atoms with Gasteiger partial charge in [-0.1, -0.05) is 37.3 Å². The Bertz CT molecular complexity index is 896. The van der Waals surface area contributed by atoms with E-state index in [9.17, 15) is 4.79 Å². The topological polar surface area (TPSA) is 54.1 Å². The maximum atomic E-state index is 12.4. The quantitative estimate of drug-likeness (QED) is 0.714. The minimum absolute atomic E-state index is 0.107. The molecule has 0 bridgehead atoms. The zero-order valence-corrected chi connectivity index (χ0v) is 15.0. The normalized spacial score (nSPS) is 10.8. The molecule has 130 valence electrons. The monoisotopic (exact) mass is 336 g/mol. The van der Waals surface area contributed by atoms with Crippen LogP contribution in [0.25, 0.3) is 10.9 Å². The summed E-state index contributed by atoms with van der Waals surface area (Å²) in [6.07, 6.45) is 1.79. The second kappa shape index (κ2) is 7.43. The van der Waals surface area contributed by atoms with Crippen molar-refractivity contribution in [1.82, 2.24) is 10.3 Å². The van der Waals surface area contributed by atoms with E-state index in [1.54, 1.807) is 19.2 Å².